The van der Waals surface area contributed by atoms with E-state index in [-0.39, 0.29) is 35.1 Å². The van der Waals surface area contributed by atoms with Crippen molar-refractivity contribution in [3.63, 3.8) is 0 Å². The standard InChI is InChI=1S/C15H22N2O4S2/c1-12(2)9-16(13-6-8-23(20,21)11-13)14(18)10-22-15-5-3-4-7-17(15)19/h3-5,7,12-13H,6,8-11H2,1-2H3/t13-/m0/s1. The van der Waals surface area contributed by atoms with Gasteiger partial charge in [0.05, 0.1) is 17.3 Å². The second-order valence-corrected chi connectivity index (χ2v) is 9.37. The van der Waals surface area contributed by atoms with Gasteiger partial charge in [-0.05, 0) is 30.2 Å². The Balaban J connectivity index is 2.04. The molecule has 0 spiro atoms. The van der Waals surface area contributed by atoms with Gasteiger partial charge in [0.1, 0.15) is 0 Å². The monoisotopic (exact) mass is 358 g/mol. The van der Waals surface area contributed by atoms with Gasteiger partial charge >= 0.3 is 0 Å². The van der Waals surface area contributed by atoms with Gasteiger partial charge in [0.2, 0.25) is 5.91 Å². The molecule has 1 aromatic heterocycles. The van der Waals surface area contributed by atoms with Crippen molar-refractivity contribution in [2.75, 3.05) is 23.8 Å². The third kappa shape index (κ3) is 5.10. The zero-order valence-corrected chi connectivity index (χ0v) is 15.0. The normalized spacial score (nSPS) is 19.9. The Morgan fingerprint density at radius 1 is 1.48 bits per heavy atom. The number of carbonyl (C=O) groups is 1. The van der Waals surface area contributed by atoms with Crippen molar-refractivity contribution in [1.82, 2.24) is 4.90 Å². The number of pyridine rings is 1. The van der Waals surface area contributed by atoms with Gasteiger partial charge in [-0.2, -0.15) is 4.73 Å². The minimum atomic E-state index is -3.04. The molecule has 2 rings (SSSR count). The molecule has 0 radical (unpaired) electrons. The van der Waals surface area contributed by atoms with Gasteiger partial charge in [-0.25, -0.2) is 8.42 Å². The highest BCUT2D eigenvalue weighted by Gasteiger charge is 2.34. The fraction of sp³-hybridized carbons (Fsp3) is 0.600. The Bertz CT molecular complexity index is 661. The second-order valence-electron chi connectivity index (χ2n) is 6.15. The molecule has 1 aliphatic heterocycles. The Kier molecular flexibility index (Phi) is 5.91. The zero-order valence-electron chi connectivity index (χ0n) is 13.3. The fourth-order valence-electron chi connectivity index (χ4n) is 2.61. The van der Waals surface area contributed by atoms with Gasteiger partial charge in [-0.3, -0.25) is 4.79 Å². The molecule has 128 valence electrons. The highest BCUT2D eigenvalue weighted by Crippen LogP contribution is 2.21. The van der Waals surface area contributed by atoms with Crippen LogP contribution >= 0.6 is 11.8 Å². The first-order valence-corrected chi connectivity index (χ1v) is 10.4. The van der Waals surface area contributed by atoms with E-state index in [0.717, 1.165) is 4.73 Å². The average Bonchev–Trinajstić information content (AvgIpc) is 2.83. The maximum absolute atomic E-state index is 12.6. The molecule has 0 saturated carbocycles. The summed E-state index contributed by atoms with van der Waals surface area (Å²) in [6.07, 6.45) is 1.89. The van der Waals surface area contributed by atoms with Crippen LogP contribution in [-0.2, 0) is 14.6 Å². The Labute approximate surface area is 141 Å². The molecule has 1 aromatic rings. The van der Waals surface area contributed by atoms with E-state index in [0.29, 0.717) is 18.0 Å². The molecule has 0 bridgehead atoms. The van der Waals surface area contributed by atoms with E-state index >= 15 is 0 Å². The van der Waals surface area contributed by atoms with Crippen molar-refractivity contribution in [2.24, 2.45) is 5.92 Å². The number of hydrogen-bond acceptors (Lipinski definition) is 5. The van der Waals surface area contributed by atoms with E-state index in [9.17, 15) is 18.4 Å². The summed E-state index contributed by atoms with van der Waals surface area (Å²) in [4.78, 5) is 14.2. The van der Waals surface area contributed by atoms with Crippen LogP contribution in [0.2, 0.25) is 0 Å². The number of sulfone groups is 1. The van der Waals surface area contributed by atoms with Crippen molar-refractivity contribution in [1.29, 1.82) is 0 Å². The van der Waals surface area contributed by atoms with E-state index in [2.05, 4.69) is 0 Å². The van der Waals surface area contributed by atoms with E-state index in [1.54, 1.807) is 23.1 Å². The van der Waals surface area contributed by atoms with Crippen LogP contribution in [0.3, 0.4) is 0 Å². The van der Waals surface area contributed by atoms with Gasteiger partial charge in [0.25, 0.3) is 5.03 Å². The number of rotatable bonds is 6. The number of aromatic nitrogens is 1. The van der Waals surface area contributed by atoms with Crippen molar-refractivity contribution >= 4 is 27.5 Å². The summed E-state index contributed by atoms with van der Waals surface area (Å²) < 4.78 is 24.1. The molecule has 0 N–H and O–H groups in total. The number of thioether (sulfide) groups is 1. The third-order valence-corrected chi connectivity index (χ3v) is 6.42. The summed E-state index contributed by atoms with van der Waals surface area (Å²) in [7, 11) is -3.04. The Morgan fingerprint density at radius 3 is 2.78 bits per heavy atom. The van der Waals surface area contributed by atoms with Crippen LogP contribution in [0.1, 0.15) is 20.3 Å². The van der Waals surface area contributed by atoms with Crippen LogP contribution in [0.15, 0.2) is 29.4 Å². The molecule has 6 nitrogen and oxygen atoms in total. The SMILES string of the molecule is CC(C)CN(C(=O)CSc1cccc[n+]1[O-])[C@H]1CCS(=O)(=O)C1. The van der Waals surface area contributed by atoms with Crippen molar-refractivity contribution in [3.05, 3.63) is 29.6 Å². The van der Waals surface area contributed by atoms with Crippen molar-refractivity contribution in [2.45, 2.75) is 31.3 Å². The summed E-state index contributed by atoms with van der Waals surface area (Å²) in [5, 5.41) is 12.1. The van der Waals surface area contributed by atoms with Crippen LogP contribution in [-0.4, -0.2) is 49.1 Å². The van der Waals surface area contributed by atoms with E-state index < -0.39 is 9.84 Å². The zero-order chi connectivity index (χ0) is 17.0. The first-order chi connectivity index (χ1) is 10.8. The lowest BCUT2D eigenvalue weighted by Crippen LogP contribution is -2.44. The molecular formula is C15H22N2O4S2. The Hall–Kier alpha value is -1.28. The first-order valence-electron chi connectivity index (χ1n) is 7.59. The van der Waals surface area contributed by atoms with E-state index in [1.165, 1.54) is 18.0 Å². The first kappa shape index (κ1) is 18.1. The van der Waals surface area contributed by atoms with E-state index in [4.69, 9.17) is 0 Å². The summed E-state index contributed by atoms with van der Waals surface area (Å²) in [5.41, 5.74) is 0. The van der Waals surface area contributed by atoms with Crippen LogP contribution in [0.5, 0.6) is 0 Å². The highest BCUT2D eigenvalue weighted by molar-refractivity contribution is 7.99. The predicted molar refractivity (Wildman–Crippen MR) is 89.7 cm³/mol. The lowest BCUT2D eigenvalue weighted by molar-refractivity contribution is -0.645. The smallest absolute Gasteiger partial charge is 0.251 e. The molecule has 0 aromatic carbocycles. The molecule has 1 amide bonds. The van der Waals surface area contributed by atoms with Gasteiger partial charge < -0.3 is 10.1 Å². The predicted octanol–water partition coefficient (Wildman–Crippen LogP) is 1.08. The molecule has 8 heteroatoms. The number of nitrogens with zero attached hydrogens (tertiary/aromatic N) is 2. The van der Waals surface area contributed by atoms with Gasteiger partial charge in [0, 0.05) is 24.7 Å². The molecule has 1 atom stereocenters. The number of amides is 1. The molecule has 0 aliphatic carbocycles. The lowest BCUT2D eigenvalue weighted by Gasteiger charge is -2.29. The molecule has 2 heterocycles. The molecule has 0 unspecified atom stereocenters. The largest absolute Gasteiger partial charge is 0.618 e. The van der Waals surface area contributed by atoms with Crippen molar-refractivity contribution < 1.29 is 17.9 Å². The van der Waals surface area contributed by atoms with Crippen LogP contribution in [0.4, 0.5) is 0 Å². The average molecular weight is 358 g/mol. The minimum absolute atomic E-state index is 0.0447. The molecule has 1 saturated heterocycles. The number of hydrogen-bond donors (Lipinski definition) is 0. The molecular weight excluding hydrogens is 336 g/mol. The van der Waals surface area contributed by atoms with Crippen LogP contribution in [0, 0.1) is 11.1 Å². The summed E-state index contributed by atoms with van der Waals surface area (Å²) in [5.74, 6) is 0.466. The Morgan fingerprint density at radius 2 is 2.22 bits per heavy atom. The molecule has 1 aliphatic rings. The van der Waals surface area contributed by atoms with Gasteiger partial charge in [-0.15, -0.1) is 0 Å². The number of carbonyl (C=O) groups excluding carboxylic acids is 1. The summed E-state index contributed by atoms with van der Waals surface area (Å²) in [6, 6.07) is 4.80. The van der Waals surface area contributed by atoms with Gasteiger partial charge in [0.15, 0.2) is 16.0 Å². The lowest BCUT2D eigenvalue weighted by atomic mass is 10.1. The fourth-order valence-corrected chi connectivity index (χ4v) is 5.14. The topological polar surface area (TPSA) is 81.4 Å². The van der Waals surface area contributed by atoms with Gasteiger partial charge in [-0.1, -0.05) is 13.8 Å². The highest BCUT2D eigenvalue weighted by atomic mass is 32.2. The van der Waals surface area contributed by atoms with Crippen LogP contribution < -0.4 is 4.73 Å². The maximum Gasteiger partial charge on any atom is 0.251 e. The van der Waals surface area contributed by atoms with E-state index in [1.807, 2.05) is 13.8 Å². The minimum Gasteiger partial charge on any atom is -0.618 e. The maximum atomic E-state index is 12.6. The molecule has 23 heavy (non-hydrogen) atoms. The summed E-state index contributed by atoms with van der Waals surface area (Å²) in [6.45, 7) is 4.53. The second kappa shape index (κ2) is 7.53. The third-order valence-electron chi connectivity index (χ3n) is 3.66. The quantitative estimate of drug-likeness (QED) is 0.432. The summed E-state index contributed by atoms with van der Waals surface area (Å²) >= 11 is 1.18. The van der Waals surface area contributed by atoms with Crippen LogP contribution in [0.25, 0.3) is 0 Å². The van der Waals surface area contributed by atoms with Crippen molar-refractivity contribution in [3.8, 4) is 0 Å². The molecule has 1 fully saturated rings.